The number of benzene rings is 1. The molecule has 1 aliphatic heterocycles. The zero-order chi connectivity index (χ0) is 14.7. The van der Waals surface area contributed by atoms with Crippen LogP contribution in [0.15, 0.2) is 42.7 Å². The lowest BCUT2D eigenvalue weighted by molar-refractivity contribution is -0.133. The number of aromatic nitrogens is 2. The first-order chi connectivity index (χ1) is 10.2. The predicted octanol–water partition coefficient (Wildman–Crippen LogP) is 1.66. The van der Waals surface area contributed by atoms with E-state index < -0.39 is 0 Å². The Kier molecular flexibility index (Phi) is 5.57. The van der Waals surface area contributed by atoms with Crippen LogP contribution in [0.25, 0.3) is 5.69 Å². The van der Waals surface area contributed by atoms with Gasteiger partial charge < -0.3 is 10.2 Å². The first-order valence-corrected chi connectivity index (χ1v) is 7.33. The van der Waals surface area contributed by atoms with Crippen molar-refractivity contribution in [2.24, 2.45) is 0 Å². The number of amides is 1. The zero-order valence-corrected chi connectivity index (χ0v) is 13.4. The summed E-state index contributed by atoms with van der Waals surface area (Å²) in [6.45, 7) is 4.65. The molecule has 1 N–H and O–H groups in total. The van der Waals surface area contributed by atoms with Gasteiger partial charge in [-0.15, -0.1) is 12.4 Å². The van der Waals surface area contributed by atoms with Gasteiger partial charge >= 0.3 is 0 Å². The number of rotatable bonds is 3. The number of hydrogen-bond acceptors (Lipinski definition) is 3. The number of halogens is 1. The molecule has 0 bridgehead atoms. The molecule has 1 fully saturated rings. The number of carbonyl (C=O) groups is 1. The number of piperazine rings is 1. The fourth-order valence-electron chi connectivity index (χ4n) is 2.68. The quantitative estimate of drug-likeness (QED) is 0.935. The molecule has 0 unspecified atom stereocenters. The molecule has 1 atom stereocenters. The summed E-state index contributed by atoms with van der Waals surface area (Å²) >= 11 is 0. The Balaban J connectivity index is 0.00000176. The average Bonchev–Trinajstić information content (AvgIpc) is 3.02. The van der Waals surface area contributed by atoms with Crippen LogP contribution in [0.4, 0.5) is 0 Å². The van der Waals surface area contributed by atoms with Crippen molar-refractivity contribution in [1.29, 1.82) is 0 Å². The van der Waals surface area contributed by atoms with Crippen LogP contribution in [0, 0.1) is 0 Å². The summed E-state index contributed by atoms with van der Waals surface area (Å²) in [6, 6.07) is 10.2. The number of nitrogens with zero attached hydrogens (tertiary/aromatic N) is 3. The monoisotopic (exact) mass is 320 g/mol. The van der Waals surface area contributed by atoms with Crippen LogP contribution in [0.1, 0.15) is 12.5 Å². The van der Waals surface area contributed by atoms with E-state index in [0.717, 1.165) is 30.9 Å². The van der Waals surface area contributed by atoms with Crippen LogP contribution in [0.5, 0.6) is 0 Å². The van der Waals surface area contributed by atoms with E-state index in [-0.39, 0.29) is 24.4 Å². The summed E-state index contributed by atoms with van der Waals surface area (Å²) in [7, 11) is 0. The predicted molar refractivity (Wildman–Crippen MR) is 88.6 cm³/mol. The Hall–Kier alpha value is -1.85. The molecular formula is C16H21ClN4O. The Morgan fingerprint density at radius 2 is 2.14 bits per heavy atom. The van der Waals surface area contributed by atoms with Gasteiger partial charge in [-0.25, -0.2) is 4.68 Å². The van der Waals surface area contributed by atoms with Gasteiger partial charge in [0.25, 0.3) is 0 Å². The van der Waals surface area contributed by atoms with Gasteiger partial charge in [0, 0.05) is 38.1 Å². The van der Waals surface area contributed by atoms with Crippen molar-refractivity contribution < 1.29 is 4.79 Å². The largest absolute Gasteiger partial charge is 0.337 e. The molecule has 22 heavy (non-hydrogen) atoms. The molecule has 3 rings (SSSR count). The molecule has 2 heterocycles. The molecule has 0 radical (unpaired) electrons. The standard InChI is InChI=1S/C16H20N4O.ClH/c1-13-12-17-8-10-19(13)16(21)11-14-3-5-15(6-4-14)20-9-2-7-18-20;/h2-7,9,13,17H,8,10-12H2,1H3;1H/t13-;/m1./s1. The van der Waals surface area contributed by atoms with Crippen molar-refractivity contribution in [1.82, 2.24) is 20.0 Å². The van der Waals surface area contributed by atoms with E-state index in [4.69, 9.17) is 0 Å². The minimum atomic E-state index is 0. The lowest BCUT2D eigenvalue weighted by Gasteiger charge is -2.34. The third-order valence-electron chi connectivity index (χ3n) is 3.88. The lowest BCUT2D eigenvalue weighted by atomic mass is 10.1. The number of nitrogens with one attached hydrogen (secondary N) is 1. The van der Waals surface area contributed by atoms with E-state index in [1.165, 1.54) is 0 Å². The summed E-state index contributed by atoms with van der Waals surface area (Å²) in [5.41, 5.74) is 2.05. The molecule has 1 aromatic carbocycles. The van der Waals surface area contributed by atoms with Crippen molar-refractivity contribution in [3.8, 4) is 5.69 Å². The van der Waals surface area contributed by atoms with Gasteiger partial charge in [0.15, 0.2) is 0 Å². The van der Waals surface area contributed by atoms with Gasteiger partial charge in [0.1, 0.15) is 0 Å². The van der Waals surface area contributed by atoms with E-state index in [0.29, 0.717) is 6.42 Å². The summed E-state index contributed by atoms with van der Waals surface area (Å²) in [5.74, 6) is 0.204. The molecule has 0 spiro atoms. The van der Waals surface area contributed by atoms with Crippen LogP contribution in [0.3, 0.4) is 0 Å². The van der Waals surface area contributed by atoms with E-state index in [1.54, 1.807) is 6.20 Å². The van der Waals surface area contributed by atoms with Crippen molar-refractivity contribution in [3.63, 3.8) is 0 Å². The highest BCUT2D eigenvalue weighted by atomic mass is 35.5. The smallest absolute Gasteiger partial charge is 0.227 e. The minimum absolute atomic E-state index is 0. The van der Waals surface area contributed by atoms with Crippen LogP contribution in [-0.2, 0) is 11.2 Å². The lowest BCUT2D eigenvalue weighted by Crippen LogP contribution is -2.52. The molecule has 1 amide bonds. The summed E-state index contributed by atoms with van der Waals surface area (Å²) < 4.78 is 1.81. The van der Waals surface area contributed by atoms with Gasteiger partial charge in [-0.1, -0.05) is 12.1 Å². The Bertz CT molecular complexity index is 597. The van der Waals surface area contributed by atoms with E-state index in [9.17, 15) is 4.79 Å². The topological polar surface area (TPSA) is 50.2 Å². The Morgan fingerprint density at radius 3 is 2.77 bits per heavy atom. The molecular weight excluding hydrogens is 300 g/mol. The fourth-order valence-corrected chi connectivity index (χ4v) is 2.68. The van der Waals surface area contributed by atoms with Gasteiger partial charge in [0.2, 0.25) is 5.91 Å². The van der Waals surface area contributed by atoms with Gasteiger partial charge in [-0.3, -0.25) is 4.79 Å². The van der Waals surface area contributed by atoms with Crippen molar-refractivity contribution in [3.05, 3.63) is 48.3 Å². The summed E-state index contributed by atoms with van der Waals surface area (Å²) in [5, 5.41) is 7.50. The molecule has 5 nitrogen and oxygen atoms in total. The van der Waals surface area contributed by atoms with Gasteiger partial charge in [-0.2, -0.15) is 5.10 Å². The normalized spacial score (nSPS) is 17.9. The molecule has 2 aromatic rings. The van der Waals surface area contributed by atoms with Crippen molar-refractivity contribution in [2.45, 2.75) is 19.4 Å². The van der Waals surface area contributed by atoms with Crippen LogP contribution < -0.4 is 5.32 Å². The number of hydrogen-bond donors (Lipinski definition) is 1. The highest BCUT2D eigenvalue weighted by Gasteiger charge is 2.22. The summed E-state index contributed by atoms with van der Waals surface area (Å²) in [4.78, 5) is 14.3. The molecule has 118 valence electrons. The maximum atomic E-state index is 12.4. The third-order valence-corrected chi connectivity index (χ3v) is 3.88. The second kappa shape index (κ2) is 7.42. The molecule has 1 aromatic heterocycles. The van der Waals surface area contributed by atoms with Crippen LogP contribution in [0.2, 0.25) is 0 Å². The van der Waals surface area contributed by atoms with Gasteiger partial charge in [-0.05, 0) is 30.7 Å². The maximum Gasteiger partial charge on any atom is 0.227 e. The first kappa shape index (κ1) is 16.5. The molecule has 0 saturated carbocycles. The number of carbonyl (C=O) groups excluding carboxylic acids is 1. The fraction of sp³-hybridized carbons (Fsp3) is 0.375. The summed E-state index contributed by atoms with van der Waals surface area (Å²) in [6.07, 6.45) is 4.12. The molecule has 1 saturated heterocycles. The van der Waals surface area contributed by atoms with Crippen molar-refractivity contribution >= 4 is 18.3 Å². The highest BCUT2D eigenvalue weighted by molar-refractivity contribution is 5.85. The molecule has 6 heteroatoms. The minimum Gasteiger partial charge on any atom is -0.337 e. The maximum absolute atomic E-state index is 12.4. The average molecular weight is 321 g/mol. The van der Waals surface area contributed by atoms with E-state index in [1.807, 2.05) is 46.1 Å². The zero-order valence-electron chi connectivity index (χ0n) is 12.6. The molecule has 1 aliphatic rings. The second-order valence-corrected chi connectivity index (χ2v) is 5.43. The van der Waals surface area contributed by atoms with Crippen LogP contribution in [-0.4, -0.2) is 46.3 Å². The van der Waals surface area contributed by atoms with Crippen LogP contribution >= 0.6 is 12.4 Å². The first-order valence-electron chi connectivity index (χ1n) is 7.33. The third kappa shape index (κ3) is 3.67. The molecule has 0 aliphatic carbocycles. The van der Waals surface area contributed by atoms with Crippen molar-refractivity contribution in [2.75, 3.05) is 19.6 Å². The Morgan fingerprint density at radius 1 is 1.36 bits per heavy atom. The SMILES string of the molecule is C[C@@H]1CNCCN1C(=O)Cc1ccc(-n2cccn2)cc1.Cl. The second-order valence-electron chi connectivity index (χ2n) is 5.43. The van der Waals surface area contributed by atoms with E-state index in [2.05, 4.69) is 17.3 Å². The van der Waals surface area contributed by atoms with Gasteiger partial charge in [0.05, 0.1) is 12.1 Å². The van der Waals surface area contributed by atoms with E-state index >= 15 is 0 Å². The highest BCUT2D eigenvalue weighted by Crippen LogP contribution is 2.11. The Labute approximate surface area is 136 Å².